The summed E-state index contributed by atoms with van der Waals surface area (Å²) in [5.74, 6) is 0.500. The van der Waals surface area contributed by atoms with E-state index in [1.165, 1.54) is 0 Å². The van der Waals surface area contributed by atoms with E-state index in [1.54, 1.807) is 14.2 Å². The lowest BCUT2D eigenvalue weighted by Crippen LogP contribution is -2.43. The van der Waals surface area contributed by atoms with Crippen LogP contribution in [0.4, 0.5) is 0 Å². The minimum absolute atomic E-state index is 0.0929. The van der Waals surface area contributed by atoms with Gasteiger partial charge in [-0.1, -0.05) is 30.3 Å². The van der Waals surface area contributed by atoms with Gasteiger partial charge >= 0.3 is 0 Å². The quantitative estimate of drug-likeness (QED) is 0.376. The summed E-state index contributed by atoms with van der Waals surface area (Å²) in [6, 6.07) is 9.99. The van der Waals surface area contributed by atoms with E-state index >= 15 is 0 Å². The molecule has 0 aliphatic carbocycles. The monoisotopic (exact) mass is 278 g/mol. The maximum Gasteiger partial charge on any atom is 0.239 e. The average molecular weight is 278 g/mol. The van der Waals surface area contributed by atoms with Crippen LogP contribution in [0.15, 0.2) is 35.3 Å². The maximum atomic E-state index is 11.5. The van der Waals surface area contributed by atoms with Crippen LogP contribution in [0.1, 0.15) is 5.56 Å². The molecule has 6 nitrogen and oxygen atoms in total. The summed E-state index contributed by atoms with van der Waals surface area (Å²) in [4.78, 5) is 15.6. The number of guanidine groups is 1. The summed E-state index contributed by atoms with van der Waals surface area (Å²) in [5.41, 5.74) is 1.15. The Balaban J connectivity index is 2.25. The summed E-state index contributed by atoms with van der Waals surface area (Å²) >= 11 is 0. The van der Waals surface area contributed by atoms with Crippen molar-refractivity contribution in [3.05, 3.63) is 35.9 Å². The van der Waals surface area contributed by atoms with Gasteiger partial charge in [-0.3, -0.25) is 9.79 Å². The summed E-state index contributed by atoms with van der Waals surface area (Å²) in [6.07, 6.45) is 0. The van der Waals surface area contributed by atoms with Gasteiger partial charge in [-0.25, -0.2) is 0 Å². The molecule has 0 heterocycles. The Kier molecular flexibility index (Phi) is 7.83. The first-order chi connectivity index (χ1) is 9.76. The largest absolute Gasteiger partial charge is 0.383 e. The molecule has 1 aromatic carbocycles. The van der Waals surface area contributed by atoms with Crippen molar-refractivity contribution in [1.82, 2.24) is 16.0 Å². The van der Waals surface area contributed by atoms with E-state index in [1.807, 2.05) is 30.3 Å². The molecule has 0 atom stereocenters. The Bertz CT molecular complexity index is 420. The lowest BCUT2D eigenvalue weighted by atomic mass is 10.2. The van der Waals surface area contributed by atoms with E-state index in [2.05, 4.69) is 20.9 Å². The van der Waals surface area contributed by atoms with Gasteiger partial charge < -0.3 is 20.7 Å². The number of carbonyl (C=O) groups is 1. The van der Waals surface area contributed by atoms with Crippen LogP contribution < -0.4 is 16.0 Å². The molecule has 0 aliphatic rings. The van der Waals surface area contributed by atoms with Crippen molar-refractivity contribution < 1.29 is 9.53 Å². The SMILES string of the molecule is CN=C(NCC(=O)NCCOC)NCc1ccccc1. The number of rotatable bonds is 7. The lowest BCUT2D eigenvalue weighted by molar-refractivity contribution is -0.120. The maximum absolute atomic E-state index is 11.5. The summed E-state index contributed by atoms with van der Waals surface area (Å²) in [5, 5.41) is 8.82. The van der Waals surface area contributed by atoms with Gasteiger partial charge in [0.15, 0.2) is 5.96 Å². The molecule has 0 radical (unpaired) electrons. The Morgan fingerprint density at radius 3 is 2.60 bits per heavy atom. The van der Waals surface area contributed by atoms with Crippen LogP contribution in [0.3, 0.4) is 0 Å². The van der Waals surface area contributed by atoms with Crippen molar-refractivity contribution in [2.45, 2.75) is 6.54 Å². The van der Waals surface area contributed by atoms with Gasteiger partial charge in [0, 0.05) is 27.2 Å². The van der Waals surface area contributed by atoms with Gasteiger partial charge in [-0.05, 0) is 5.56 Å². The highest BCUT2D eigenvalue weighted by Gasteiger charge is 2.02. The Morgan fingerprint density at radius 1 is 1.20 bits per heavy atom. The van der Waals surface area contributed by atoms with Crippen molar-refractivity contribution in [2.75, 3.05) is 33.9 Å². The number of hydrogen-bond donors (Lipinski definition) is 3. The number of ether oxygens (including phenoxy) is 1. The number of carbonyl (C=O) groups excluding carboxylic acids is 1. The molecule has 0 unspecified atom stereocenters. The first-order valence-electron chi connectivity index (χ1n) is 6.50. The van der Waals surface area contributed by atoms with Crippen LogP contribution in [-0.2, 0) is 16.1 Å². The van der Waals surface area contributed by atoms with E-state index in [4.69, 9.17) is 4.74 Å². The summed E-state index contributed by atoms with van der Waals surface area (Å²) in [6.45, 7) is 1.85. The fourth-order valence-electron chi connectivity index (χ4n) is 1.52. The minimum atomic E-state index is -0.0929. The predicted octanol–water partition coefficient (Wildman–Crippen LogP) is 0.114. The van der Waals surface area contributed by atoms with E-state index in [0.717, 1.165) is 5.56 Å². The molecule has 1 rings (SSSR count). The molecule has 0 fully saturated rings. The van der Waals surface area contributed by atoms with Gasteiger partial charge in [0.1, 0.15) is 0 Å². The smallest absolute Gasteiger partial charge is 0.239 e. The van der Waals surface area contributed by atoms with Gasteiger partial charge in [0.05, 0.1) is 13.2 Å². The molecular weight excluding hydrogens is 256 g/mol. The lowest BCUT2D eigenvalue weighted by Gasteiger charge is -2.12. The standard InChI is InChI=1S/C14H22N4O2/c1-15-14(17-10-12-6-4-3-5-7-12)18-11-13(19)16-8-9-20-2/h3-7H,8-11H2,1-2H3,(H,16,19)(H2,15,17,18). The molecule has 3 N–H and O–H groups in total. The normalized spacial score (nSPS) is 11.0. The van der Waals surface area contributed by atoms with Crippen molar-refractivity contribution in [1.29, 1.82) is 0 Å². The third-order valence-electron chi connectivity index (χ3n) is 2.57. The van der Waals surface area contributed by atoms with Crippen LogP contribution in [-0.4, -0.2) is 45.7 Å². The number of aliphatic imine (C=N–C) groups is 1. The van der Waals surface area contributed by atoms with E-state index < -0.39 is 0 Å². The molecule has 0 saturated heterocycles. The first kappa shape index (κ1) is 16.0. The van der Waals surface area contributed by atoms with Crippen LogP contribution >= 0.6 is 0 Å². The third-order valence-corrected chi connectivity index (χ3v) is 2.57. The number of methoxy groups -OCH3 is 1. The molecule has 0 saturated carbocycles. The van der Waals surface area contributed by atoms with Crippen LogP contribution in [0.2, 0.25) is 0 Å². The van der Waals surface area contributed by atoms with E-state index in [9.17, 15) is 4.79 Å². The van der Waals surface area contributed by atoms with Crippen LogP contribution in [0, 0.1) is 0 Å². The van der Waals surface area contributed by atoms with Crippen molar-refractivity contribution in [3.8, 4) is 0 Å². The highest BCUT2D eigenvalue weighted by atomic mass is 16.5. The molecule has 1 amide bonds. The first-order valence-corrected chi connectivity index (χ1v) is 6.50. The topological polar surface area (TPSA) is 74.8 Å². The number of nitrogens with one attached hydrogen (secondary N) is 3. The minimum Gasteiger partial charge on any atom is -0.383 e. The number of hydrogen-bond acceptors (Lipinski definition) is 3. The van der Waals surface area contributed by atoms with Crippen LogP contribution in [0.25, 0.3) is 0 Å². The Morgan fingerprint density at radius 2 is 1.95 bits per heavy atom. The van der Waals surface area contributed by atoms with E-state index in [0.29, 0.717) is 25.7 Å². The second-order valence-electron chi connectivity index (χ2n) is 4.11. The number of amides is 1. The summed E-state index contributed by atoms with van der Waals surface area (Å²) < 4.78 is 4.86. The molecule has 1 aromatic rings. The van der Waals surface area contributed by atoms with Crippen molar-refractivity contribution in [2.24, 2.45) is 4.99 Å². The zero-order valence-electron chi connectivity index (χ0n) is 12.0. The number of nitrogens with zero attached hydrogens (tertiary/aromatic N) is 1. The van der Waals surface area contributed by atoms with Gasteiger partial charge in [0.2, 0.25) is 5.91 Å². The Labute approximate surface area is 119 Å². The molecule has 20 heavy (non-hydrogen) atoms. The van der Waals surface area contributed by atoms with Crippen molar-refractivity contribution >= 4 is 11.9 Å². The van der Waals surface area contributed by atoms with Gasteiger partial charge in [-0.2, -0.15) is 0 Å². The predicted molar refractivity (Wildman–Crippen MR) is 79.5 cm³/mol. The summed E-state index contributed by atoms with van der Waals surface area (Å²) in [7, 11) is 3.27. The molecular formula is C14H22N4O2. The second kappa shape index (κ2) is 9.80. The molecule has 0 aliphatic heterocycles. The highest BCUT2D eigenvalue weighted by molar-refractivity contribution is 5.86. The zero-order chi connectivity index (χ0) is 14.6. The second-order valence-corrected chi connectivity index (χ2v) is 4.11. The molecule has 110 valence electrons. The molecule has 0 spiro atoms. The molecule has 0 aromatic heterocycles. The number of benzene rings is 1. The van der Waals surface area contributed by atoms with Gasteiger partial charge in [0.25, 0.3) is 0 Å². The molecule has 6 heteroatoms. The van der Waals surface area contributed by atoms with E-state index in [-0.39, 0.29) is 12.5 Å². The third kappa shape index (κ3) is 6.75. The van der Waals surface area contributed by atoms with Gasteiger partial charge in [-0.15, -0.1) is 0 Å². The fourth-order valence-corrected chi connectivity index (χ4v) is 1.52. The van der Waals surface area contributed by atoms with Crippen LogP contribution in [0.5, 0.6) is 0 Å². The molecule has 0 bridgehead atoms. The fraction of sp³-hybridized carbons (Fsp3) is 0.429. The highest BCUT2D eigenvalue weighted by Crippen LogP contribution is 1.96. The average Bonchev–Trinajstić information content (AvgIpc) is 2.49. The Hall–Kier alpha value is -2.08. The van der Waals surface area contributed by atoms with Crippen molar-refractivity contribution in [3.63, 3.8) is 0 Å². The zero-order valence-corrected chi connectivity index (χ0v) is 12.0.